The third-order valence-electron chi connectivity index (χ3n) is 4.76. The van der Waals surface area contributed by atoms with Gasteiger partial charge in [-0.2, -0.15) is 0 Å². The molecule has 128 valence electrons. The van der Waals surface area contributed by atoms with Gasteiger partial charge in [0.25, 0.3) is 5.91 Å². The van der Waals surface area contributed by atoms with Gasteiger partial charge in [-0.1, -0.05) is 24.3 Å². The van der Waals surface area contributed by atoms with Gasteiger partial charge in [0.15, 0.2) is 0 Å². The van der Waals surface area contributed by atoms with Crippen LogP contribution in [-0.2, 0) is 28.1 Å². The number of fused-ring (bicyclic) bond motifs is 2. The van der Waals surface area contributed by atoms with E-state index in [1.165, 1.54) is 6.26 Å². The largest absolute Gasteiger partial charge is 0.467 e. The van der Waals surface area contributed by atoms with E-state index in [2.05, 4.69) is 10.6 Å². The number of nitrogens with one attached hydrogen (secondary N) is 2. The Labute approximate surface area is 144 Å². The Morgan fingerprint density at radius 2 is 2.08 bits per heavy atom. The molecule has 1 fully saturated rings. The van der Waals surface area contributed by atoms with Crippen molar-refractivity contribution in [1.82, 2.24) is 15.5 Å². The summed E-state index contributed by atoms with van der Waals surface area (Å²) in [7, 11) is 0. The molecule has 1 aliphatic carbocycles. The molecule has 1 aromatic heterocycles. The molecule has 0 radical (unpaired) electrons. The Morgan fingerprint density at radius 3 is 2.88 bits per heavy atom. The van der Waals surface area contributed by atoms with Crippen molar-refractivity contribution in [1.29, 1.82) is 0 Å². The molecule has 4 rings (SSSR count). The quantitative estimate of drug-likeness (QED) is 0.821. The molecule has 25 heavy (non-hydrogen) atoms. The van der Waals surface area contributed by atoms with Crippen molar-refractivity contribution in [2.24, 2.45) is 0 Å². The average molecular weight is 339 g/mol. The maximum atomic E-state index is 12.9. The number of rotatable bonds is 4. The zero-order valence-corrected chi connectivity index (χ0v) is 13.5. The number of imide groups is 1. The van der Waals surface area contributed by atoms with Gasteiger partial charge in [0.1, 0.15) is 17.8 Å². The molecule has 1 spiro atoms. The predicted molar refractivity (Wildman–Crippen MR) is 87.2 cm³/mol. The number of furan rings is 1. The first-order chi connectivity index (χ1) is 12.1. The van der Waals surface area contributed by atoms with Gasteiger partial charge >= 0.3 is 6.03 Å². The van der Waals surface area contributed by atoms with Gasteiger partial charge in [0, 0.05) is 0 Å². The van der Waals surface area contributed by atoms with Gasteiger partial charge in [-0.05, 0) is 36.1 Å². The van der Waals surface area contributed by atoms with Gasteiger partial charge in [0.05, 0.1) is 12.8 Å². The highest BCUT2D eigenvalue weighted by molar-refractivity contribution is 6.09. The molecule has 0 saturated carbocycles. The van der Waals surface area contributed by atoms with Crippen LogP contribution in [0.1, 0.15) is 23.3 Å². The lowest BCUT2D eigenvalue weighted by atomic mass is 9.92. The number of hydrogen-bond acceptors (Lipinski definition) is 4. The average Bonchev–Trinajstić information content (AvgIpc) is 3.31. The minimum Gasteiger partial charge on any atom is -0.467 e. The van der Waals surface area contributed by atoms with E-state index in [4.69, 9.17) is 4.42 Å². The summed E-state index contributed by atoms with van der Waals surface area (Å²) in [6.07, 6.45) is 2.75. The van der Waals surface area contributed by atoms with Crippen LogP contribution in [0.15, 0.2) is 47.1 Å². The molecule has 7 nitrogen and oxygen atoms in total. The molecule has 2 N–H and O–H groups in total. The van der Waals surface area contributed by atoms with Crippen molar-refractivity contribution in [3.63, 3.8) is 0 Å². The van der Waals surface area contributed by atoms with E-state index in [1.807, 2.05) is 24.3 Å². The van der Waals surface area contributed by atoms with Crippen molar-refractivity contribution >= 4 is 17.8 Å². The fourth-order valence-corrected chi connectivity index (χ4v) is 3.53. The first kappa shape index (κ1) is 15.4. The molecule has 1 atom stereocenters. The number of nitrogens with zero attached hydrogens (tertiary/aromatic N) is 1. The lowest BCUT2D eigenvalue weighted by Crippen LogP contribution is -2.43. The molecule has 1 aliphatic heterocycles. The Balaban J connectivity index is 1.48. The van der Waals surface area contributed by atoms with Crippen molar-refractivity contribution in [2.75, 3.05) is 6.54 Å². The predicted octanol–water partition coefficient (Wildman–Crippen LogP) is 1.29. The minimum atomic E-state index is -1.03. The highest BCUT2D eigenvalue weighted by Gasteiger charge is 2.55. The summed E-state index contributed by atoms with van der Waals surface area (Å²) in [5.41, 5.74) is 0.849. The van der Waals surface area contributed by atoms with Crippen molar-refractivity contribution in [3.05, 3.63) is 59.5 Å². The molecule has 2 aliphatic rings. The Bertz CT molecular complexity index is 846. The smallest absolute Gasteiger partial charge is 0.325 e. The molecular formula is C18H17N3O4. The number of carbonyl (C=O) groups is 3. The molecule has 0 bridgehead atoms. The molecule has 0 unspecified atom stereocenters. The summed E-state index contributed by atoms with van der Waals surface area (Å²) in [5.74, 6) is -0.175. The Kier molecular flexibility index (Phi) is 3.56. The number of carbonyl (C=O) groups excluding carboxylic acids is 3. The topological polar surface area (TPSA) is 91.7 Å². The van der Waals surface area contributed by atoms with Crippen LogP contribution in [0.25, 0.3) is 0 Å². The maximum absolute atomic E-state index is 12.9. The van der Waals surface area contributed by atoms with E-state index in [0.717, 1.165) is 22.4 Å². The standard InChI is InChI=1S/C18H17N3O4/c22-15(19-10-13-5-3-9-25-13)11-21-16(23)18(20-17(21)24)8-7-12-4-1-2-6-14(12)18/h1-6,9H,7-8,10-11H2,(H,19,22)(H,20,24)/t18-/m0/s1. The van der Waals surface area contributed by atoms with E-state index in [1.54, 1.807) is 12.1 Å². The lowest BCUT2D eigenvalue weighted by molar-refractivity contribution is -0.135. The van der Waals surface area contributed by atoms with Crippen molar-refractivity contribution in [3.8, 4) is 0 Å². The third kappa shape index (κ3) is 2.48. The molecule has 7 heteroatoms. The van der Waals surface area contributed by atoms with E-state index in [0.29, 0.717) is 12.2 Å². The number of urea groups is 1. The van der Waals surface area contributed by atoms with Crippen LogP contribution in [-0.4, -0.2) is 29.3 Å². The zero-order chi connectivity index (χ0) is 17.4. The second kappa shape index (κ2) is 5.77. The summed E-state index contributed by atoms with van der Waals surface area (Å²) < 4.78 is 5.14. The summed E-state index contributed by atoms with van der Waals surface area (Å²) >= 11 is 0. The van der Waals surface area contributed by atoms with Crippen LogP contribution in [0, 0.1) is 0 Å². The van der Waals surface area contributed by atoms with Gasteiger partial charge in [-0.15, -0.1) is 0 Å². The fraction of sp³-hybridized carbons (Fsp3) is 0.278. The summed E-state index contributed by atoms with van der Waals surface area (Å²) in [4.78, 5) is 38.3. The SMILES string of the molecule is O=C(CN1C(=O)N[C@]2(CCc3ccccc32)C1=O)NCc1ccco1. The summed E-state index contributed by atoms with van der Waals surface area (Å²) in [6, 6.07) is 10.5. The van der Waals surface area contributed by atoms with Crippen LogP contribution in [0.2, 0.25) is 0 Å². The number of benzene rings is 1. The number of hydrogen-bond donors (Lipinski definition) is 2. The van der Waals surface area contributed by atoms with Gasteiger partial charge in [-0.25, -0.2) is 4.79 Å². The van der Waals surface area contributed by atoms with Gasteiger partial charge in [-0.3, -0.25) is 14.5 Å². The van der Waals surface area contributed by atoms with Gasteiger partial charge < -0.3 is 15.1 Å². The number of aryl methyl sites for hydroxylation is 1. The Hall–Kier alpha value is -3.09. The van der Waals surface area contributed by atoms with Crippen LogP contribution in [0.3, 0.4) is 0 Å². The minimum absolute atomic E-state index is 0.212. The van der Waals surface area contributed by atoms with Crippen LogP contribution < -0.4 is 10.6 Å². The molecule has 2 heterocycles. The molecule has 2 aromatic rings. The molecular weight excluding hydrogens is 322 g/mol. The molecule has 4 amide bonds. The van der Waals surface area contributed by atoms with E-state index in [-0.39, 0.29) is 19.0 Å². The normalized spacial score (nSPS) is 21.5. The van der Waals surface area contributed by atoms with Crippen molar-refractivity contribution in [2.45, 2.75) is 24.9 Å². The first-order valence-corrected chi connectivity index (χ1v) is 8.12. The highest BCUT2D eigenvalue weighted by atomic mass is 16.3. The maximum Gasteiger partial charge on any atom is 0.325 e. The number of amides is 4. The monoisotopic (exact) mass is 339 g/mol. The molecule has 1 aromatic carbocycles. The summed E-state index contributed by atoms with van der Waals surface area (Å²) in [5, 5.41) is 5.44. The van der Waals surface area contributed by atoms with E-state index >= 15 is 0 Å². The van der Waals surface area contributed by atoms with E-state index in [9.17, 15) is 14.4 Å². The lowest BCUT2D eigenvalue weighted by Gasteiger charge is -2.22. The highest BCUT2D eigenvalue weighted by Crippen LogP contribution is 2.41. The zero-order valence-electron chi connectivity index (χ0n) is 13.5. The van der Waals surface area contributed by atoms with Gasteiger partial charge in [0.2, 0.25) is 5.91 Å². The van der Waals surface area contributed by atoms with Crippen LogP contribution in [0.5, 0.6) is 0 Å². The molecule has 1 saturated heterocycles. The second-order valence-corrected chi connectivity index (χ2v) is 6.24. The second-order valence-electron chi connectivity index (χ2n) is 6.24. The first-order valence-electron chi connectivity index (χ1n) is 8.12. The fourth-order valence-electron chi connectivity index (χ4n) is 3.53. The van der Waals surface area contributed by atoms with Crippen LogP contribution >= 0.6 is 0 Å². The van der Waals surface area contributed by atoms with E-state index < -0.39 is 17.5 Å². The Morgan fingerprint density at radius 1 is 1.24 bits per heavy atom. The van der Waals surface area contributed by atoms with Crippen molar-refractivity contribution < 1.29 is 18.8 Å². The van der Waals surface area contributed by atoms with Crippen LogP contribution in [0.4, 0.5) is 4.79 Å². The summed E-state index contributed by atoms with van der Waals surface area (Å²) in [6.45, 7) is -0.0985. The third-order valence-corrected chi connectivity index (χ3v) is 4.76.